The van der Waals surface area contributed by atoms with Crippen LogP contribution in [0.1, 0.15) is 12.7 Å². The molecule has 0 saturated carbocycles. The van der Waals surface area contributed by atoms with Gasteiger partial charge in [-0.25, -0.2) is 32.6 Å². The van der Waals surface area contributed by atoms with Crippen molar-refractivity contribution in [1.29, 1.82) is 0 Å². The first-order chi connectivity index (χ1) is 15.8. The summed E-state index contributed by atoms with van der Waals surface area (Å²) in [7, 11) is 0. The molecule has 1 aliphatic heterocycles. The number of likely N-dealkylation sites (tertiary alicyclic amines) is 1. The number of anilines is 1. The van der Waals surface area contributed by atoms with Crippen molar-refractivity contribution in [3.63, 3.8) is 0 Å². The number of imidazole rings is 1. The average molecular weight is 458 g/mol. The Morgan fingerprint density at radius 1 is 1.24 bits per heavy atom. The van der Waals surface area contributed by atoms with Crippen LogP contribution in [0.15, 0.2) is 30.6 Å². The molecular formula is C21H21F3N8O. The van der Waals surface area contributed by atoms with E-state index in [-0.39, 0.29) is 24.9 Å². The fourth-order valence-electron chi connectivity index (χ4n) is 4.13. The zero-order chi connectivity index (χ0) is 23.3. The Morgan fingerprint density at radius 3 is 2.79 bits per heavy atom. The fraction of sp³-hybridized carbons (Fsp3) is 0.381. The van der Waals surface area contributed by atoms with Gasteiger partial charge in [-0.15, -0.1) is 5.10 Å². The van der Waals surface area contributed by atoms with E-state index in [1.54, 1.807) is 42.0 Å². The van der Waals surface area contributed by atoms with Gasteiger partial charge in [0.1, 0.15) is 17.5 Å². The number of hydrogen-bond acceptors (Lipinski definition) is 6. The maximum atomic E-state index is 14.3. The maximum absolute atomic E-state index is 14.3. The number of nitrogens with zero attached hydrogens (tertiary/aromatic N) is 7. The van der Waals surface area contributed by atoms with Crippen LogP contribution in [0.4, 0.5) is 19.1 Å². The second kappa shape index (κ2) is 8.01. The Kier molecular flexibility index (Phi) is 5.14. The molecule has 5 rings (SSSR count). The van der Waals surface area contributed by atoms with Gasteiger partial charge in [0.25, 0.3) is 6.43 Å². The lowest BCUT2D eigenvalue weighted by molar-refractivity contribution is -0.128. The summed E-state index contributed by atoms with van der Waals surface area (Å²) in [6, 6.07) is 4.72. The van der Waals surface area contributed by atoms with E-state index in [9.17, 15) is 18.0 Å². The molecule has 0 radical (unpaired) electrons. The third kappa shape index (κ3) is 3.85. The van der Waals surface area contributed by atoms with E-state index in [0.717, 1.165) is 5.56 Å². The van der Waals surface area contributed by atoms with Crippen molar-refractivity contribution < 1.29 is 18.0 Å². The maximum Gasteiger partial charge on any atom is 0.256 e. The van der Waals surface area contributed by atoms with Gasteiger partial charge >= 0.3 is 0 Å². The highest BCUT2D eigenvalue weighted by atomic mass is 19.3. The van der Waals surface area contributed by atoms with Gasteiger partial charge in [0.05, 0.1) is 36.5 Å². The van der Waals surface area contributed by atoms with E-state index in [4.69, 9.17) is 0 Å². The zero-order valence-corrected chi connectivity index (χ0v) is 17.9. The Labute approximate surface area is 186 Å². The molecule has 1 saturated heterocycles. The van der Waals surface area contributed by atoms with Gasteiger partial charge in [0, 0.05) is 25.2 Å². The molecule has 4 aromatic heterocycles. The Balaban J connectivity index is 1.44. The van der Waals surface area contributed by atoms with E-state index < -0.39 is 25.2 Å². The number of amides is 1. The van der Waals surface area contributed by atoms with Crippen LogP contribution in [0.25, 0.3) is 27.9 Å². The van der Waals surface area contributed by atoms with Gasteiger partial charge in [-0.2, -0.15) is 0 Å². The van der Waals surface area contributed by atoms with Crippen LogP contribution in [0, 0.1) is 6.92 Å². The van der Waals surface area contributed by atoms with Crippen LogP contribution in [-0.2, 0) is 11.3 Å². The summed E-state index contributed by atoms with van der Waals surface area (Å²) in [5.41, 5.74) is 2.87. The van der Waals surface area contributed by atoms with E-state index >= 15 is 0 Å². The molecule has 0 unspecified atom stereocenters. The quantitative estimate of drug-likeness (QED) is 0.494. The van der Waals surface area contributed by atoms with Crippen LogP contribution in [-0.4, -0.2) is 71.7 Å². The highest BCUT2D eigenvalue weighted by Crippen LogP contribution is 2.27. The van der Waals surface area contributed by atoms with Crippen molar-refractivity contribution in [3.8, 4) is 11.3 Å². The van der Waals surface area contributed by atoms with Crippen LogP contribution >= 0.6 is 0 Å². The van der Waals surface area contributed by atoms with E-state index in [1.807, 2.05) is 0 Å². The molecule has 1 N–H and O–H groups in total. The van der Waals surface area contributed by atoms with Gasteiger partial charge in [0.15, 0.2) is 5.65 Å². The minimum absolute atomic E-state index is 0.0404. The van der Waals surface area contributed by atoms with Gasteiger partial charge in [0.2, 0.25) is 11.9 Å². The number of fused-ring (bicyclic) bond motifs is 2. The summed E-state index contributed by atoms with van der Waals surface area (Å²) in [5, 5.41) is 7.35. The van der Waals surface area contributed by atoms with Crippen molar-refractivity contribution in [1.82, 2.24) is 34.0 Å². The normalized spacial score (nSPS) is 18.7. The van der Waals surface area contributed by atoms with Crippen LogP contribution in [0.3, 0.4) is 0 Å². The first-order valence-electron chi connectivity index (χ1n) is 10.4. The predicted octanol–water partition coefficient (Wildman–Crippen LogP) is 2.70. The summed E-state index contributed by atoms with van der Waals surface area (Å²) in [6.45, 7) is 2.88. The lowest BCUT2D eigenvalue weighted by Gasteiger charge is -2.15. The highest BCUT2D eigenvalue weighted by molar-refractivity contribution is 5.82. The molecule has 172 valence electrons. The van der Waals surface area contributed by atoms with Crippen molar-refractivity contribution >= 4 is 28.5 Å². The third-order valence-electron chi connectivity index (χ3n) is 5.80. The lowest BCUT2D eigenvalue weighted by atomic mass is 10.2. The average Bonchev–Trinajstić information content (AvgIpc) is 3.43. The molecule has 4 aromatic rings. The largest absolute Gasteiger partial charge is 0.345 e. The van der Waals surface area contributed by atoms with Gasteiger partial charge in [-0.1, -0.05) is 0 Å². The first kappa shape index (κ1) is 21.2. The van der Waals surface area contributed by atoms with Gasteiger partial charge in [-0.05, 0) is 25.1 Å². The lowest BCUT2D eigenvalue weighted by Crippen LogP contribution is -2.31. The van der Waals surface area contributed by atoms with E-state index in [2.05, 4.69) is 25.4 Å². The molecule has 0 aliphatic carbocycles. The molecule has 9 nitrogen and oxygen atoms in total. The van der Waals surface area contributed by atoms with Crippen molar-refractivity contribution in [3.05, 3.63) is 36.4 Å². The minimum Gasteiger partial charge on any atom is -0.345 e. The fourth-order valence-corrected chi connectivity index (χ4v) is 4.13. The number of alkyl halides is 3. The molecule has 2 atom stereocenters. The zero-order valence-electron chi connectivity index (χ0n) is 17.9. The number of hydrogen-bond donors (Lipinski definition) is 1. The number of halogens is 3. The second-order valence-electron chi connectivity index (χ2n) is 8.03. The number of carbonyl (C=O) groups excluding carboxylic acids is 1. The van der Waals surface area contributed by atoms with Crippen LogP contribution in [0.2, 0.25) is 0 Å². The SMILES string of the molecule is CC(=O)N1C[C@@H](F)[C@H](Nc2ncc3c(-c4ccc5nc(C)n(CC(F)F)c5n4)ccn3n2)C1. The minimum atomic E-state index is -2.52. The summed E-state index contributed by atoms with van der Waals surface area (Å²) in [6.07, 6.45) is -0.434. The molecular weight excluding hydrogens is 437 g/mol. The van der Waals surface area contributed by atoms with Crippen molar-refractivity contribution in [2.75, 3.05) is 18.4 Å². The molecule has 12 heteroatoms. The number of carbonyl (C=O) groups is 1. The molecule has 0 bridgehead atoms. The number of pyridine rings is 1. The molecule has 1 fully saturated rings. The number of rotatable bonds is 5. The summed E-state index contributed by atoms with van der Waals surface area (Å²) >= 11 is 0. The Hall–Kier alpha value is -3.70. The smallest absolute Gasteiger partial charge is 0.256 e. The van der Waals surface area contributed by atoms with Gasteiger partial charge < -0.3 is 14.8 Å². The van der Waals surface area contributed by atoms with E-state index in [1.165, 1.54) is 16.4 Å². The molecule has 0 spiro atoms. The summed E-state index contributed by atoms with van der Waals surface area (Å²) in [4.78, 5) is 26.1. The van der Waals surface area contributed by atoms with Crippen molar-refractivity contribution in [2.24, 2.45) is 0 Å². The Bertz CT molecular complexity index is 1350. The van der Waals surface area contributed by atoms with Gasteiger partial charge in [-0.3, -0.25) is 4.79 Å². The number of aromatic nitrogens is 6. The Morgan fingerprint density at radius 2 is 2.06 bits per heavy atom. The first-order valence-corrected chi connectivity index (χ1v) is 10.4. The molecule has 0 aromatic carbocycles. The van der Waals surface area contributed by atoms with E-state index in [0.29, 0.717) is 28.2 Å². The predicted molar refractivity (Wildman–Crippen MR) is 115 cm³/mol. The second-order valence-corrected chi connectivity index (χ2v) is 8.03. The standard InChI is InChI=1S/C21H21F3N8O/c1-11-26-16-4-3-15(27-20(16)31(11)10-19(23)24)13-5-6-32-18(13)7-25-21(29-32)28-17-9-30(12(2)33)8-14(17)22/h3-7,14,17,19H,8-10H2,1-2H3,(H,28,29)/t14-,17-/m1/s1. The van der Waals surface area contributed by atoms with Crippen LogP contribution < -0.4 is 5.32 Å². The molecule has 1 aliphatic rings. The summed E-state index contributed by atoms with van der Waals surface area (Å²) in [5.74, 6) is 0.525. The topological polar surface area (TPSA) is 93.2 Å². The molecule has 5 heterocycles. The van der Waals surface area contributed by atoms with Crippen LogP contribution in [0.5, 0.6) is 0 Å². The highest BCUT2D eigenvalue weighted by Gasteiger charge is 2.34. The monoisotopic (exact) mass is 458 g/mol. The number of aryl methyl sites for hydroxylation is 1. The molecule has 33 heavy (non-hydrogen) atoms. The van der Waals surface area contributed by atoms with Crippen molar-refractivity contribution in [2.45, 2.75) is 39.0 Å². The molecule has 1 amide bonds. The number of nitrogens with one attached hydrogen (secondary N) is 1. The third-order valence-corrected chi connectivity index (χ3v) is 5.80. The summed E-state index contributed by atoms with van der Waals surface area (Å²) < 4.78 is 43.3.